The molecule has 0 aliphatic rings. The molecule has 23 heavy (non-hydrogen) atoms. The van der Waals surface area contributed by atoms with Gasteiger partial charge in [0.1, 0.15) is 0 Å². The fourth-order valence-corrected chi connectivity index (χ4v) is 9.92. The summed E-state index contributed by atoms with van der Waals surface area (Å²) in [4.78, 5) is 0. The van der Waals surface area contributed by atoms with Crippen molar-refractivity contribution in [3.05, 3.63) is 0 Å². The van der Waals surface area contributed by atoms with Crippen molar-refractivity contribution in [1.82, 2.24) is 0 Å². The third-order valence-electron chi connectivity index (χ3n) is 4.69. The molecule has 0 N–H and O–H groups in total. The zero-order chi connectivity index (χ0) is 17.7. The average molecular weight is 368 g/mol. The maximum atomic E-state index is 13.9. The van der Waals surface area contributed by atoms with Crippen LogP contribution >= 0.6 is 0 Å². The van der Waals surface area contributed by atoms with Crippen LogP contribution in [-0.2, 0) is 28.0 Å². The molecule has 0 aliphatic heterocycles. The van der Waals surface area contributed by atoms with Gasteiger partial charge in [0.15, 0.2) is 0 Å². The van der Waals surface area contributed by atoms with Crippen LogP contribution in [0.3, 0.4) is 0 Å². The first kappa shape index (κ1) is 23.2. The van der Waals surface area contributed by atoms with Crippen LogP contribution in [0.15, 0.2) is 0 Å². The molecule has 0 rings (SSSR count). The first-order chi connectivity index (χ1) is 10.8. The van der Waals surface area contributed by atoms with Crippen molar-refractivity contribution in [2.24, 2.45) is 0 Å². The van der Waals surface area contributed by atoms with Gasteiger partial charge in [-0.1, -0.05) is 0 Å². The number of hydrogen-bond donors (Lipinski definition) is 0. The van der Waals surface area contributed by atoms with E-state index in [-0.39, 0.29) is 22.7 Å². The Balaban J connectivity index is 5.38. The summed E-state index contributed by atoms with van der Waals surface area (Å²) in [6.07, 6.45) is 8.41. The molecule has 0 heterocycles. The minimum absolute atomic E-state index is 0.0744. The van der Waals surface area contributed by atoms with E-state index < -0.39 is 14.7 Å². The van der Waals surface area contributed by atoms with E-state index in [1.165, 1.54) is 0 Å². The third-order valence-corrected chi connectivity index (χ3v) is 12.5. The molecule has 0 aromatic rings. The summed E-state index contributed by atoms with van der Waals surface area (Å²) >= 11 is -6.35. The van der Waals surface area contributed by atoms with Crippen LogP contribution in [0.2, 0.25) is 9.45 Å². The number of unbranched alkanes of at least 4 members (excludes halogenated alkanes) is 6. The Labute approximate surface area is 142 Å². The van der Waals surface area contributed by atoms with Gasteiger partial charge in [-0.2, -0.15) is 0 Å². The van der Waals surface area contributed by atoms with Crippen molar-refractivity contribution in [2.75, 3.05) is 13.2 Å². The van der Waals surface area contributed by atoms with Crippen molar-refractivity contribution in [3.63, 3.8) is 0 Å². The predicted molar refractivity (Wildman–Crippen MR) is 91.8 cm³/mol. The Bertz CT molecular complexity index is 380. The van der Waals surface area contributed by atoms with Crippen molar-refractivity contribution >= 4 is 0 Å². The van der Waals surface area contributed by atoms with Crippen molar-refractivity contribution in [1.29, 1.82) is 0 Å². The van der Waals surface area contributed by atoms with E-state index in [4.69, 9.17) is 6.64 Å². The van der Waals surface area contributed by atoms with E-state index >= 15 is 0 Å². The molecule has 0 radical (unpaired) electrons. The van der Waals surface area contributed by atoms with E-state index in [1.54, 1.807) is 0 Å². The molecule has 0 saturated carbocycles. The van der Waals surface area contributed by atoms with E-state index in [1.807, 2.05) is 13.8 Å². The molecule has 4 nitrogen and oxygen atoms in total. The van der Waals surface area contributed by atoms with Gasteiger partial charge in [-0.05, 0) is 0 Å². The Hall–Kier alpha value is 0.234. The number of rotatable bonds is 16. The van der Waals surface area contributed by atoms with Gasteiger partial charge in [0, 0.05) is 0 Å². The fraction of sp³-hybridized carbons (Fsp3) is 1.00. The van der Waals surface area contributed by atoms with Gasteiger partial charge in [-0.15, -0.1) is 0 Å². The summed E-state index contributed by atoms with van der Waals surface area (Å²) < 4.78 is 39.5. The van der Waals surface area contributed by atoms with E-state index in [0.717, 1.165) is 51.4 Å². The molecule has 0 amide bonds. The fourth-order valence-electron chi connectivity index (χ4n) is 3.00. The standard InChI is InChI=1S/2C5H11.2C4H9O.2O.Ti/c2*1-3-5-4-2;2*1-2-3-4-5;;;/h2*1,3-5H2,2H3;2*2-4H2,1H3;;;/q;;2*-1;;;+2. The van der Waals surface area contributed by atoms with Crippen LogP contribution in [0, 0.1) is 0 Å². The first-order valence-electron chi connectivity index (χ1n) is 9.93. The third kappa shape index (κ3) is 8.76. The molecule has 140 valence electrons. The number of hydrogen-bond acceptors (Lipinski definition) is 4. The zero-order valence-corrected chi connectivity index (χ0v) is 17.6. The summed E-state index contributed by atoms with van der Waals surface area (Å²) in [5.41, 5.74) is 0. The summed E-state index contributed by atoms with van der Waals surface area (Å²) in [6.45, 7) is 8.77. The second kappa shape index (κ2) is 10.3. The van der Waals surface area contributed by atoms with Gasteiger partial charge in [0.05, 0.1) is 0 Å². The molecule has 0 fully saturated rings. The molecule has 0 aromatic carbocycles. The quantitative estimate of drug-likeness (QED) is 0.228. The average Bonchev–Trinajstić information content (AvgIpc) is 2.49. The molecule has 0 unspecified atom stereocenters. The summed E-state index contributed by atoms with van der Waals surface area (Å²) in [5.74, 6) is 0. The molecule has 0 atom stereocenters. The Morgan fingerprint density at radius 3 is 1.22 bits per heavy atom. The first-order valence-corrected chi connectivity index (χ1v) is 14.7. The van der Waals surface area contributed by atoms with Crippen molar-refractivity contribution < 1.29 is 28.0 Å². The maximum absolute atomic E-state index is 13.9. The Morgan fingerprint density at radius 1 is 0.565 bits per heavy atom. The molecular weight excluding hydrogens is 328 g/mol. The van der Waals surface area contributed by atoms with Crippen molar-refractivity contribution in [3.8, 4) is 0 Å². The van der Waals surface area contributed by atoms with Gasteiger partial charge < -0.3 is 0 Å². The van der Waals surface area contributed by atoms with Gasteiger partial charge in [0.2, 0.25) is 0 Å². The molecular formula is C18H40O4Ti. The minimum atomic E-state index is -6.35. The van der Waals surface area contributed by atoms with E-state index in [9.17, 15) is 6.65 Å². The van der Waals surface area contributed by atoms with Gasteiger partial charge in [-0.3, -0.25) is 0 Å². The zero-order valence-electron chi connectivity index (χ0n) is 16.0. The molecule has 5 heteroatoms. The van der Waals surface area contributed by atoms with Crippen LogP contribution in [0.1, 0.15) is 91.9 Å². The Morgan fingerprint density at radius 2 is 0.913 bits per heavy atom. The van der Waals surface area contributed by atoms with Gasteiger partial charge in [0.25, 0.3) is 0 Å². The second-order valence-electron chi connectivity index (χ2n) is 7.22. The summed E-state index contributed by atoms with van der Waals surface area (Å²) in [7, 11) is 0. The van der Waals surface area contributed by atoms with Gasteiger partial charge >= 0.3 is 143 Å². The van der Waals surface area contributed by atoms with E-state index in [0.29, 0.717) is 12.8 Å². The molecule has 0 aliphatic carbocycles. The predicted octanol–water partition coefficient (Wildman–Crippen LogP) is 6.58. The molecule has 0 saturated heterocycles. The van der Waals surface area contributed by atoms with Crippen LogP contribution in [0.5, 0.6) is 0 Å². The van der Waals surface area contributed by atoms with Gasteiger partial charge in [-0.25, -0.2) is 0 Å². The Kier molecular flexibility index (Phi) is 10.4. The van der Waals surface area contributed by atoms with Crippen LogP contribution in [0.4, 0.5) is 0 Å². The van der Waals surface area contributed by atoms with Crippen molar-refractivity contribution in [2.45, 2.75) is 101 Å². The van der Waals surface area contributed by atoms with Crippen LogP contribution < -0.4 is 0 Å². The normalized spacial score (nSPS) is 13.7. The molecule has 0 spiro atoms. The molecule has 0 bridgehead atoms. The SMILES string of the molecule is CCCC[CH2][Ti](=[O])(=[O])([CH2]CCCC)([O]CCCC)[O]CCCC. The van der Waals surface area contributed by atoms with Crippen LogP contribution in [0.25, 0.3) is 0 Å². The topological polar surface area (TPSA) is 52.6 Å². The van der Waals surface area contributed by atoms with E-state index in [2.05, 4.69) is 13.8 Å². The second-order valence-corrected chi connectivity index (χ2v) is 15.6. The monoisotopic (exact) mass is 368 g/mol. The summed E-state index contributed by atoms with van der Waals surface area (Å²) in [5, 5.41) is 0. The molecule has 0 aromatic heterocycles. The summed E-state index contributed by atoms with van der Waals surface area (Å²) in [6, 6.07) is 0. The van der Waals surface area contributed by atoms with Crippen LogP contribution in [-0.4, -0.2) is 13.2 Å².